The number of nitrogens with zero attached hydrogens (tertiary/aromatic N) is 1. The largest absolute Gasteiger partial charge is 0.492 e. The minimum absolute atomic E-state index is 0.0631. The first-order valence-electron chi connectivity index (χ1n) is 9.90. The molecule has 1 saturated carbocycles. The summed E-state index contributed by atoms with van der Waals surface area (Å²) in [6.45, 7) is 2.13. The van der Waals surface area contributed by atoms with Crippen LogP contribution in [-0.2, 0) is 17.8 Å². The SMILES string of the molecule is Cc1oc(CN(C)C(=O)C2COc3ccc(OC4CCC4)cc3C2)cc1C(=O)O. The Labute approximate surface area is 169 Å². The molecule has 1 fully saturated rings. The van der Waals surface area contributed by atoms with Crippen molar-refractivity contribution >= 4 is 11.9 Å². The van der Waals surface area contributed by atoms with Crippen molar-refractivity contribution in [2.75, 3.05) is 13.7 Å². The second-order valence-electron chi connectivity index (χ2n) is 7.83. The summed E-state index contributed by atoms with van der Waals surface area (Å²) in [5.74, 6) is 1.000. The number of aryl methyl sites for hydroxylation is 1. The fourth-order valence-corrected chi connectivity index (χ4v) is 3.74. The molecule has 1 aromatic carbocycles. The monoisotopic (exact) mass is 399 g/mol. The summed E-state index contributed by atoms with van der Waals surface area (Å²) in [5, 5.41) is 9.15. The molecule has 1 unspecified atom stereocenters. The molecule has 1 amide bonds. The summed E-state index contributed by atoms with van der Waals surface area (Å²) in [7, 11) is 1.69. The molecule has 7 nitrogen and oxygen atoms in total. The van der Waals surface area contributed by atoms with Gasteiger partial charge in [-0.1, -0.05) is 0 Å². The van der Waals surface area contributed by atoms with E-state index in [9.17, 15) is 9.59 Å². The van der Waals surface area contributed by atoms with E-state index in [1.807, 2.05) is 18.2 Å². The van der Waals surface area contributed by atoms with Crippen LogP contribution in [0.1, 0.15) is 46.7 Å². The Morgan fingerprint density at radius 1 is 1.28 bits per heavy atom. The van der Waals surface area contributed by atoms with Gasteiger partial charge in [-0.3, -0.25) is 4.79 Å². The van der Waals surface area contributed by atoms with Gasteiger partial charge in [-0.15, -0.1) is 0 Å². The Hall–Kier alpha value is -2.96. The number of hydrogen-bond acceptors (Lipinski definition) is 5. The van der Waals surface area contributed by atoms with Crippen LogP contribution in [0.3, 0.4) is 0 Å². The van der Waals surface area contributed by atoms with Crippen molar-refractivity contribution in [3.05, 3.63) is 46.9 Å². The zero-order valence-corrected chi connectivity index (χ0v) is 16.6. The maximum absolute atomic E-state index is 12.9. The predicted molar refractivity (Wildman–Crippen MR) is 104 cm³/mol. The Morgan fingerprint density at radius 2 is 2.07 bits per heavy atom. The number of furan rings is 1. The molecular weight excluding hydrogens is 374 g/mol. The van der Waals surface area contributed by atoms with E-state index in [0.717, 1.165) is 29.9 Å². The van der Waals surface area contributed by atoms with Gasteiger partial charge in [0.05, 0.1) is 18.6 Å². The summed E-state index contributed by atoms with van der Waals surface area (Å²) in [4.78, 5) is 25.6. The van der Waals surface area contributed by atoms with Crippen molar-refractivity contribution in [3.63, 3.8) is 0 Å². The highest BCUT2D eigenvalue weighted by Gasteiger charge is 2.30. The minimum Gasteiger partial charge on any atom is -0.492 e. The van der Waals surface area contributed by atoms with E-state index >= 15 is 0 Å². The summed E-state index contributed by atoms with van der Waals surface area (Å²) in [6.07, 6.45) is 4.28. The third-order valence-electron chi connectivity index (χ3n) is 5.61. The highest BCUT2D eigenvalue weighted by Crippen LogP contribution is 2.33. The first-order chi connectivity index (χ1) is 13.9. The smallest absolute Gasteiger partial charge is 0.339 e. The molecule has 29 heavy (non-hydrogen) atoms. The van der Waals surface area contributed by atoms with Crippen molar-refractivity contribution in [1.82, 2.24) is 4.90 Å². The van der Waals surface area contributed by atoms with Gasteiger partial charge in [0.25, 0.3) is 0 Å². The molecule has 2 heterocycles. The highest BCUT2D eigenvalue weighted by atomic mass is 16.5. The second-order valence-corrected chi connectivity index (χ2v) is 7.83. The maximum atomic E-state index is 12.9. The number of benzene rings is 1. The summed E-state index contributed by atoms with van der Waals surface area (Å²) in [5.41, 5.74) is 1.09. The molecule has 2 aromatic rings. The molecule has 154 valence electrons. The molecule has 1 aliphatic heterocycles. The van der Waals surface area contributed by atoms with E-state index < -0.39 is 5.97 Å². The van der Waals surface area contributed by atoms with E-state index in [4.69, 9.17) is 19.0 Å². The Balaban J connectivity index is 1.41. The number of ether oxygens (including phenoxy) is 2. The molecular formula is C22H25NO6. The third kappa shape index (κ3) is 4.09. The summed E-state index contributed by atoms with van der Waals surface area (Å²) in [6, 6.07) is 7.28. The van der Waals surface area contributed by atoms with Gasteiger partial charge >= 0.3 is 5.97 Å². The average molecular weight is 399 g/mol. The van der Waals surface area contributed by atoms with Crippen LogP contribution in [0.5, 0.6) is 11.5 Å². The van der Waals surface area contributed by atoms with Gasteiger partial charge in [-0.25, -0.2) is 4.79 Å². The lowest BCUT2D eigenvalue weighted by Crippen LogP contribution is -2.38. The topological polar surface area (TPSA) is 89.2 Å². The van der Waals surface area contributed by atoms with Gasteiger partial charge in [-0.05, 0) is 62.4 Å². The summed E-state index contributed by atoms with van der Waals surface area (Å²) < 4.78 is 17.3. The lowest BCUT2D eigenvalue weighted by molar-refractivity contribution is -0.136. The zero-order valence-electron chi connectivity index (χ0n) is 16.6. The first-order valence-corrected chi connectivity index (χ1v) is 9.90. The lowest BCUT2D eigenvalue weighted by atomic mass is 9.94. The molecule has 1 aromatic heterocycles. The van der Waals surface area contributed by atoms with Crippen LogP contribution in [0.4, 0.5) is 0 Å². The van der Waals surface area contributed by atoms with Crippen LogP contribution >= 0.6 is 0 Å². The molecule has 0 spiro atoms. The lowest BCUT2D eigenvalue weighted by Gasteiger charge is -2.29. The maximum Gasteiger partial charge on any atom is 0.339 e. The van der Waals surface area contributed by atoms with Gasteiger partial charge in [0.1, 0.15) is 35.2 Å². The number of fused-ring (bicyclic) bond motifs is 1. The van der Waals surface area contributed by atoms with Crippen molar-refractivity contribution in [3.8, 4) is 11.5 Å². The number of hydrogen-bond donors (Lipinski definition) is 1. The third-order valence-corrected chi connectivity index (χ3v) is 5.61. The molecule has 4 rings (SSSR count). The van der Waals surface area contributed by atoms with E-state index in [1.165, 1.54) is 12.5 Å². The van der Waals surface area contributed by atoms with Crippen molar-refractivity contribution in [1.29, 1.82) is 0 Å². The standard InChI is InChI=1S/C22H25NO6/c1-13-19(22(25)26)10-18(28-13)11-23(2)21(24)15-8-14-9-17(29-16-4-3-5-16)6-7-20(14)27-12-15/h6-7,9-10,15-16H,3-5,8,11-12H2,1-2H3,(H,25,26). The fourth-order valence-electron chi connectivity index (χ4n) is 3.74. The Bertz CT molecular complexity index is 929. The van der Waals surface area contributed by atoms with Gasteiger partial charge < -0.3 is 23.9 Å². The van der Waals surface area contributed by atoms with Crippen molar-refractivity contribution in [2.45, 2.75) is 45.3 Å². The van der Waals surface area contributed by atoms with Gasteiger partial charge in [0.2, 0.25) is 5.91 Å². The van der Waals surface area contributed by atoms with Gasteiger partial charge in [0.15, 0.2) is 0 Å². The molecule has 2 aliphatic rings. The molecule has 1 N–H and O–H groups in total. The van der Waals surface area contributed by atoms with Crippen LogP contribution < -0.4 is 9.47 Å². The van der Waals surface area contributed by atoms with E-state index in [2.05, 4.69) is 0 Å². The van der Waals surface area contributed by atoms with E-state index in [0.29, 0.717) is 30.7 Å². The zero-order chi connectivity index (χ0) is 20.5. The predicted octanol–water partition coefficient (Wildman–Crippen LogP) is 3.43. The molecule has 7 heteroatoms. The van der Waals surface area contributed by atoms with E-state index in [1.54, 1.807) is 18.9 Å². The molecule has 0 radical (unpaired) electrons. The molecule has 1 atom stereocenters. The van der Waals surface area contributed by atoms with Gasteiger partial charge in [0, 0.05) is 7.05 Å². The second kappa shape index (κ2) is 7.81. The quantitative estimate of drug-likeness (QED) is 0.801. The molecule has 0 saturated heterocycles. The Kier molecular flexibility index (Phi) is 5.22. The number of rotatable bonds is 6. The average Bonchev–Trinajstić information content (AvgIpc) is 3.03. The molecule has 1 aliphatic carbocycles. The first kappa shape index (κ1) is 19.4. The van der Waals surface area contributed by atoms with Crippen LogP contribution in [0.15, 0.2) is 28.7 Å². The van der Waals surface area contributed by atoms with Crippen molar-refractivity contribution < 1.29 is 28.6 Å². The number of aromatic carboxylic acids is 1. The van der Waals surface area contributed by atoms with Crippen LogP contribution in [0.25, 0.3) is 0 Å². The van der Waals surface area contributed by atoms with Crippen LogP contribution in [-0.4, -0.2) is 41.6 Å². The molecule has 0 bridgehead atoms. The van der Waals surface area contributed by atoms with Gasteiger partial charge in [-0.2, -0.15) is 0 Å². The fraction of sp³-hybridized carbons (Fsp3) is 0.455. The number of carbonyl (C=O) groups excluding carboxylic acids is 1. The normalized spacial score (nSPS) is 18.3. The van der Waals surface area contributed by atoms with E-state index in [-0.39, 0.29) is 23.9 Å². The highest BCUT2D eigenvalue weighted by molar-refractivity contribution is 5.88. The minimum atomic E-state index is -1.04. The number of carbonyl (C=O) groups is 2. The summed E-state index contributed by atoms with van der Waals surface area (Å²) >= 11 is 0. The van der Waals surface area contributed by atoms with Crippen LogP contribution in [0, 0.1) is 12.8 Å². The Morgan fingerprint density at radius 3 is 2.72 bits per heavy atom. The number of carboxylic acid groups (broad SMARTS) is 1. The van der Waals surface area contributed by atoms with Crippen molar-refractivity contribution in [2.24, 2.45) is 5.92 Å². The van der Waals surface area contributed by atoms with Crippen LogP contribution in [0.2, 0.25) is 0 Å². The number of amides is 1. The number of carboxylic acids is 1.